The number of hydrogen-bond acceptors (Lipinski definition) is 4. The van der Waals surface area contributed by atoms with Gasteiger partial charge in [0.2, 0.25) is 0 Å². The van der Waals surface area contributed by atoms with Gasteiger partial charge in [0.05, 0.1) is 12.7 Å². The Hall–Kier alpha value is -0.900. The van der Waals surface area contributed by atoms with E-state index >= 15 is 0 Å². The van der Waals surface area contributed by atoms with Crippen molar-refractivity contribution in [2.45, 2.75) is 89.1 Å². The van der Waals surface area contributed by atoms with Crippen molar-refractivity contribution >= 4 is 29.9 Å². The zero-order valence-corrected chi connectivity index (χ0v) is 22.6. The molecule has 2 saturated heterocycles. The fraction of sp³-hybridized carbons (Fsp3) is 0.731. The van der Waals surface area contributed by atoms with Gasteiger partial charge in [-0.25, -0.2) is 0 Å². The van der Waals surface area contributed by atoms with Gasteiger partial charge < -0.3 is 20.1 Å². The van der Waals surface area contributed by atoms with E-state index in [9.17, 15) is 0 Å². The van der Waals surface area contributed by atoms with E-state index in [1.807, 2.05) is 7.05 Å². The Kier molecular flexibility index (Phi) is 11.7. The van der Waals surface area contributed by atoms with E-state index in [2.05, 4.69) is 44.8 Å². The zero-order chi connectivity index (χ0) is 22.0. The topological polar surface area (TPSA) is 58.1 Å². The Morgan fingerprint density at radius 3 is 2.64 bits per heavy atom. The third kappa shape index (κ3) is 8.67. The first-order valence-electron chi connectivity index (χ1n) is 12.8. The normalized spacial score (nSPS) is 23.7. The molecule has 1 saturated carbocycles. The minimum absolute atomic E-state index is 0. The third-order valence-electron chi connectivity index (χ3n) is 7.21. The molecule has 0 radical (unpaired) electrons. The SMILES string of the molecule is CN=C(NCc1cccc(COC2CCOCC2)c1)NC1CCCN(C2CCCCC2)C1.I. The van der Waals surface area contributed by atoms with Gasteiger partial charge in [0, 0.05) is 45.4 Å². The number of guanidine groups is 1. The quantitative estimate of drug-likeness (QED) is 0.288. The third-order valence-corrected chi connectivity index (χ3v) is 7.21. The van der Waals surface area contributed by atoms with Gasteiger partial charge in [0.15, 0.2) is 5.96 Å². The Morgan fingerprint density at radius 2 is 1.85 bits per heavy atom. The summed E-state index contributed by atoms with van der Waals surface area (Å²) >= 11 is 0. The first-order chi connectivity index (χ1) is 15.8. The number of ether oxygens (including phenoxy) is 2. The van der Waals surface area contributed by atoms with Gasteiger partial charge in [-0.05, 0) is 56.2 Å². The van der Waals surface area contributed by atoms with Gasteiger partial charge in [-0.15, -0.1) is 24.0 Å². The van der Waals surface area contributed by atoms with Crippen LogP contribution in [-0.4, -0.2) is 62.4 Å². The average Bonchev–Trinajstić information content (AvgIpc) is 2.87. The standard InChI is InChI=1S/C26H42N4O2.HI/c1-27-26(29-23-9-6-14-30(19-23)24-10-3-2-4-11-24)28-18-21-7-5-8-22(17-21)20-32-25-12-15-31-16-13-25;/h5,7-8,17,23-25H,2-4,6,9-16,18-20H2,1H3,(H2,27,28,29);1H. The number of likely N-dealkylation sites (tertiary alicyclic amines) is 1. The number of nitrogens with one attached hydrogen (secondary N) is 2. The van der Waals surface area contributed by atoms with Gasteiger partial charge in [-0.2, -0.15) is 0 Å². The predicted molar refractivity (Wildman–Crippen MR) is 145 cm³/mol. The molecule has 1 aromatic rings. The number of nitrogens with zero attached hydrogens (tertiary/aromatic N) is 2. The number of hydrogen-bond donors (Lipinski definition) is 2. The van der Waals surface area contributed by atoms with Crippen molar-refractivity contribution < 1.29 is 9.47 Å². The fourth-order valence-corrected chi connectivity index (χ4v) is 5.36. The lowest BCUT2D eigenvalue weighted by atomic mass is 9.92. The van der Waals surface area contributed by atoms with Gasteiger partial charge >= 0.3 is 0 Å². The minimum atomic E-state index is 0. The van der Waals surface area contributed by atoms with E-state index in [1.165, 1.54) is 62.6 Å². The molecule has 3 aliphatic rings. The fourth-order valence-electron chi connectivity index (χ4n) is 5.36. The lowest BCUT2D eigenvalue weighted by Crippen LogP contribution is -2.53. The van der Waals surface area contributed by atoms with Crippen LogP contribution in [0, 0.1) is 0 Å². The van der Waals surface area contributed by atoms with E-state index in [0.29, 0.717) is 18.8 Å². The summed E-state index contributed by atoms with van der Waals surface area (Å²) in [5.74, 6) is 0.907. The van der Waals surface area contributed by atoms with E-state index < -0.39 is 0 Å². The van der Waals surface area contributed by atoms with Crippen molar-refractivity contribution in [1.82, 2.24) is 15.5 Å². The van der Waals surface area contributed by atoms with Crippen LogP contribution in [0.3, 0.4) is 0 Å². The molecule has 3 fully saturated rings. The summed E-state index contributed by atoms with van der Waals surface area (Å²) in [7, 11) is 1.87. The average molecular weight is 571 g/mol. The van der Waals surface area contributed by atoms with E-state index in [4.69, 9.17) is 9.47 Å². The molecule has 2 N–H and O–H groups in total. The molecule has 2 aliphatic heterocycles. The monoisotopic (exact) mass is 570 g/mol. The summed E-state index contributed by atoms with van der Waals surface area (Å²) in [6.07, 6.45) is 11.8. The highest BCUT2D eigenvalue weighted by Crippen LogP contribution is 2.25. The maximum Gasteiger partial charge on any atom is 0.191 e. The van der Waals surface area contributed by atoms with Crippen LogP contribution in [0.4, 0.5) is 0 Å². The van der Waals surface area contributed by atoms with E-state index in [-0.39, 0.29) is 24.0 Å². The Balaban J connectivity index is 0.00000306. The van der Waals surface area contributed by atoms with Crippen molar-refractivity contribution in [3.8, 4) is 0 Å². The molecule has 6 nitrogen and oxygen atoms in total. The van der Waals surface area contributed by atoms with Crippen LogP contribution in [0.5, 0.6) is 0 Å². The molecule has 0 aromatic heterocycles. The molecule has 7 heteroatoms. The highest BCUT2D eigenvalue weighted by molar-refractivity contribution is 14.0. The zero-order valence-electron chi connectivity index (χ0n) is 20.3. The van der Waals surface area contributed by atoms with Crippen molar-refractivity contribution in [2.24, 2.45) is 4.99 Å². The lowest BCUT2D eigenvalue weighted by Gasteiger charge is -2.40. The molecule has 2 heterocycles. The second-order valence-corrected chi connectivity index (χ2v) is 9.64. The summed E-state index contributed by atoms with van der Waals surface area (Å²) in [5.41, 5.74) is 2.49. The van der Waals surface area contributed by atoms with E-state index in [0.717, 1.165) is 51.1 Å². The smallest absolute Gasteiger partial charge is 0.191 e. The number of halogens is 1. The second-order valence-electron chi connectivity index (χ2n) is 9.64. The molecule has 0 spiro atoms. The lowest BCUT2D eigenvalue weighted by molar-refractivity contribution is -0.0390. The summed E-state index contributed by atoms with van der Waals surface area (Å²) in [6.45, 7) is 5.48. The van der Waals surface area contributed by atoms with Crippen molar-refractivity contribution in [2.75, 3.05) is 33.4 Å². The molecule has 33 heavy (non-hydrogen) atoms. The molecular weight excluding hydrogens is 527 g/mol. The Bertz CT molecular complexity index is 720. The van der Waals surface area contributed by atoms with Gasteiger partial charge in [0.25, 0.3) is 0 Å². The molecular formula is C26H43IN4O2. The van der Waals surface area contributed by atoms with E-state index in [1.54, 1.807) is 0 Å². The minimum Gasteiger partial charge on any atom is -0.381 e. The van der Waals surface area contributed by atoms with Gasteiger partial charge in [-0.3, -0.25) is 9.89 Å². The maximum absolute atomic E-state index is 6.09. The summed E-state index contributed by atoms with van der Waals surface area (Å²) in [4.78, 5) is 7.23. The van der Waals surface area contributed by atoms with Crippen LogP contribution >= 0.6 is 24.0 Å². The van der Waals surface area contributed by atoms with Crippen LogP contribution in [0.25, 0.3) is 0 Å². The summed E-state index contributed by atoms with van der Waals surface area (Å²) < 4.78 is 11.5. The summed E-state index contributed by atoms with van der Waals surface area (Å²) in [6, 6.07) is 9.97. The number of aliphatic imine (C=N–C) groups is 1. The molecule has 0 amide bonds. The van der Waals surface area contributed by atoms with Crippen LogP contribution in [0.2, 0.25) is 0 Å². The largest absolute Gasteiger partial charge is 0.381 e. The van der Waals surface area contributed by atoms with Crippen LogP contribution in [0.1, 0.15) is 68.9 Å². The first-order valence-corrected chi connectivity index (χ1v) is 12.8. The number of benzene rings is 1. The maximum atomic E-state index is 6.09. The van der Waals surface area contributed by atoms with Gasteiger partial charge in [0.1, 0.15) is 0 Å². The molecule has 1 aromatic carbocycles. The number of rotatable bonds is 7. The number of piperidine rings is 1. The highest BCUT2D eigenvalue weighted by atomic mass is 127. The van der Waals surface area contributed by atoms with Crippen molar-refractivity contribution in [1.29, 1.82) is 0 Å². The van der Waals surface area contributed by atoms with Crippen LogP contribution < -0.4 is 10.6 Å². The first kappa shape index (κ1) is 26.7. The Labute approximate surface area is 217 Å². The molecule has 1 aliphatic carbocycles. The van der Waals surface area contributed by atoms with Crippen molar-refractivity contribution in [3.05, 3.63) is 35.4 Å². The molecule has 4 rings (SSSR count). The molecule has 0 bridgehead atoms. The Morgan fingerprint density at radius 1 is 1.06 bits per heavy atom. The van der Waals surface area contributed by atoms with Crippen LogP contribution in [-0.2, 0) is 22.6 Å². The van der Waals surface area contributed by atoms with Gasteiger partial charge in [-0.1, -0.05) is 43.5 Å². The van der Waals surface area contributed by atoms with Crippen LogP contribution in [0.15, 0.2) is 29.3 Å². The molecule has 1 atom stereocenters. The summed E-state index contributed by atoms with van der Waals surface area (Å²) in [5, 5.41) is 7.21. The predicted octanol–water partition coefficient (Wildman–Crippen LogP) is 4.46. The highest BCUT2D eigenvalue weighted by Gasteiger charge is 2.27. The molecule has 1 unspecified atom stereocenters. The van der Waals surface area contributed by atoms with Crippen molar-refractivity contribution in [3.63, 3.8) is 0 Å². The molecule has 186 valence electrons. The second kappa shape index (κ2) is 14.5.